The average Bonchev–Trinajstić information content (AvgIpc) is 2.80. The van der Waals surface area contributed by atoms with Crippen LogP contribution < -0.4 is 11.3 Å². The number of anilines is 1. The molecule has 0 amide bonds. The highest BCUT2D eigenvalue weighted by Gasteiger charge is 2.18. The van der Waals surface area contributed by atoms with Crippen LogP contribution in [-0.4, -0.2) is 10.1 Å². The number of aromatic nitrogens is 2. The van der Waals surface area contributed by atoms with Crippen LogP contribution in [0.3, 0.4) is 0 Å². The predicted molar refractivity (Wildman–Crippen MR) is 77.1 cm³/mol. The number of H-pyrrole nitrogens is 1. The maximum atomic E-state index is 11.4. The highest BCUT2D eigenvalue weighted by atomic mass is 16.5. The van der Waals surface area contributed by atoms with Crippen LogP contribution in [-0.2, 0) is 0 Å². The van der Waals surface area contributed by atoms with Gasteiger partial charge in [0.1, 0.15) is 0 Å². The van der Waals surface area contributed by atoms with E-state index in [9.17, 15) is 4.79 Å². The van der Waals surface area contributed by atoms with Crippen molar-refractivity contribution in [2.75, 3.05) is 5.73 Å². The third-order valence-corrected chi connectivity index (χ3v) is 3.04. The summed E-state index contributed by atoms with van der Waals surface area (Å²) in [4.78, 5) is 14.1. The second-order valence-electron chi connectivity index (χ2n) is 4.57. The quantitative estimate of drug-likeness (QED) is 0.747. The van der Waals surface area contributed by atoms with E-state index >= 15 is 0 Å². The SMILES string of the molecule is Cc1cccc(-c2c(N)noc2-c2cccc(=O)[nH]2)c1. The molecule has 0 aliphatic rings. The van der Waals surface area contributed by atoms with Crippen molar-refractivity contribution in [3.8, 4) is 22.6 Å². The van der Waals surface area contributed by atoms with E-state index in [2.05, 4.69) is 10.1 Å². The van der Waals surface area contributed by atoms with Gasteiger partial charge in [0.15, 0.2) is 11.6 Å². The van der Waals surface area contributed by atoms with Crippen LogP contribution in [0.15, 0.2) is 51.8 Å². The molecule has 0 saturated heterocycles. The van der Waals surface area contributed by atoms with Gasteiger partial charge in [-0.05, 0) is 18.6 Å². The van der Waals surface area contributed by atoms with Crippen LogP contribution in [0, 0.1) is 6.92 Å². The number of hydrogen-bond acceptors (Lipinski definition) is 4. The van der Waals surface area contributed by atoms with Crippen LogP contribution >= 0.6 is 0 Å². The van der Waals surface area contributed by atoms with Crippen molar-refractivity contribution < 1.29 is 4.52 Å². The Hall–Kier alpha value is -2.82. The number of benzene rings is 1. The largest absolute Gasteiger partial charge is 0.380 e. The Kier molecular flexibility index (Phi) is 2.87. The zero-order valence-electron chi connectivity index (χ0n) is 10.9. The number of pyridine rings is 1. The molecule has 1 aromatic carbocycles. The van der Waals surface area contributed by atoms with Crippen molar-refractivity contribution >= 4 is 5.82 Å². The highest BCUT2D eigenvalue weighted by molar-refractivity contribution is 5.85. The topological polar surface area (TPSA) is 84.9 Å². The lowest BCUT2D eigenvalue weighted by Gasteiger charge is -2.03. The molecule has 0 saturated carbocycles. The van der Waals surface area contributed by atoms with Gasteiger partial charge in [0.05, 0.1) is 11.3 Å². The molecule has 0 aliphatic carbocycles. The fraction of sp³-hybridized carbons (Fsp3) is 0.0667. The van der Waals surface area contributed by atoms with Crippen molar-refractivity contribution in [2.45, 2.75) is 6.92 Å². The molecule has 0 spiro atoms. The van der Waals surface area contributed by atoms with Gasteiger partial charge in [-0.15, -0.1) is 0 Å². The van der Waals surface area contributed by atoms with Gasteiger partial charge in [-0.2, -0.15) is 0 Å². The van der Waals surface area contributed by atoms with Crippen molar-refractivity contribution in [2.24, 2.45) is 0 Å². The summed E-state index contributed by atoms with van der Waals surface area (Å²) in [5, 5.41) is 3.81. The van der Waals surface area contributed by atoms with Crippen molar-refractivity contribution in [1.29, 1.82) is 0 Å². The fourth-order valence-electron chi connectivity index (χ4n) is 2.15. The van der Waals surface area contributed by atoms with E-state index in [4.69, 9.17) is 10.3 Å². The summed E-state index contributed by atoms with van der Waals surface area (Å²) in [6.45, 7) is 2.00. The molecular formula is C15H13N3O2. The van der Waals surface area contributed by atoms with Crippen molar-refractivity contribution in [1.82, 2.24) is 10.1 Å². The van der Waals surface area contributed by atoms with Gasteiger partial charge >= 0.3 is 0 Å². The lowest BCUT2D eigenvalue weighted by molar-refractivity contribution is 0.434. The van der Waals surface area contributed by atoms with Crippen LogP contribution in [0.2, 0.25) is 0 Å². The first kappa shape index (κ1) is 12.2. The number of nitrogens with one attached hydrogen (secondary N) is 1. The zero-order chi connectivity index (χ0) is 14.1. The van der Waals surface area contributed by atoms with Gasteiger partial charge < -0.3 is 15.2 Å². The number of aryl methyl sites for hydroxylation is 1. The zero-order valence-corrected chi connectivity index (χ0v) is 10.9. The first-order valence-electron chi connectivity index (χ1n) is 6.17. The summed E-state index contributed by atoms with van der Waals surface area (Å²) < 4.78 is 5.29. The van der Waals surface area contributed by atoms with E-state index in [-0.39, 0.29) is 5.56 Å². The summed E-state index contributed by atoms with van der Waals surface area (Å²) >= 11 is 0. The lowest BCUT2D eigenvalue weighted by atomic mass is 10.0. The highest BCUT2D eigenvalue weighted by Crippen LogP contribution is 2.35. The normalized spacial score (nSPS) is 10.7. The molecule has 0 unspecified atom stereocenters. The van der Waals surface area contributed by atoms with Crippen LogP contribution in [0.25, 0.3) is 22.6 Å². The number of nitrogen functional groups attached to an aromatic ring is 1. The Morgan fingerprint density at radius 3 is 2.75 bits per heavy atom. The van der Waals surface area contributed by atoms with Crippen LogP contribution in [0.5, 0.6) is 0 Å². The second kappa shape index (κ2) is 4.70. The van der Waals surface area contributed by atoms with Gasteiger partial charge in [-0.25, -0.2) is 0 Å². The molecule has 0 atom stereocenters. The van der Waals surface area contributed by atoms with Crippen molar-refractivity contribution in [3.63, 3.8) is 0 Å². The minimum absolute atomic E-state index is 0.201. The van der Waals surface area contributed by atoms with Gasteiger partial charge in [-0.1, -0.05) is 41.1 Å². The molecule has 0 radical (unpaired) electrons. The lowest BCUT2D eigenvalue weighted by Crippen LogP contribution is -2.03. The molecule has 100 valence electrons. The molecule has 2 aromatic heterocycles. The first-order valence-corrected chi connectivity index (χ1v) is 6.17. The molecular weight excluding hydrogens is 254 g/mol. The Bertz CT molecular complexity index is 818. The molecule has 0 bridgehead atoms. The molecule has 5 nitrogen and oxygen atoms in total. The molecule has 2 heterocycles. The predicted octanol–water partition coefficient (Wildman–Crippen LogP) is 2.59. The van der Waals surface area contributed by atoms with Gasteiger partial charge in [0.2, 0.25) is 5.56 Å². The van der Waals surface area contributed by atoms with Gasteiger partial charge in [0.25, 0.3) is 0 Å². The molecule has 0 aliphatic heterocycles. The number of nitrogens with two attached hydrogens (primary N) is 1. The average molecular weight is 267 g/mol. The summed E-state index contributed by atoms with van der Waals surface area (Å²) in [6.07, 6.45) is 0. The Morgan fingerprint density at radius 1 is 1.20 bits per heavy atom. The van der Waals surface area contributed by atoms with E-state index in [1.807, 2.05) is 31.2 Å². The minimum Gasteiger partial charge on any atom is -0.380 e. The fourth-order valence-corrected chi connectivity index (χ4v) is 2.15. The third-order valence-electron chi connectivity index (χ3n) is 3.04. The number of aromatic amines is 1. The Morgan fingerprint density at radius 2 is 2.00 bits per heavy atom. The summed E-state index contributed by atoms with van der Waals surface area (Å²) in [5.74, 6) is 0.765. The molecule has 20 heavy (non-hydrogen) atoms. The monoisotopic (exact) mass is 267 g/mol. The van der Waals surface area contributed by atoms with E-state index in [1.54, 1.807) is 12.1 Å². The number of rotatable bonds is 2. The number of nitrogens with zero attached hydrogens (tertiary/aromatic N) is 1. The Labute approximate surface area is 115 Å². The van der Waals surface area contributed by atoms with Crippen LogP contribution in [0.4, 0.5) is 5.82 Å². The smallest absolute Gasteiger partial charge is 0.248 e. The van der Waals surface area contributed by atoms with E-state index in [0.717, 1.165) is 11.1 Å². The summed E-state index contributed by atoms with van der Waals surface area (Å²) in [7, 11) is 0. The molecule has 0 fully saturated rings. The molecule has 3 aromatic rings. The number of hydrogen-bond donors (Lipinski definition) is 2. The van der Waals surface area contributed by atoms with E-state index in [0.29, 0.717) is 22.8 Å². The third kappa shape index (κ3) is 2.09. The van der Waals surface area contributed by atoms with Crippen LogP contribution in [0.1, 0.15) is 5.56 Å². The maximum Gasteiger partial charge on any atom is 0.248 e. The maximum absolute atomic E-state index is 11.4. The van der Waals surface area contributed by atoms with E-state index < -0.39 is 0 Å². The van der Waals surface area contributed by atoms with Gasteiger partial charge in [0, 0.05) is 6.07 Å². The van der Waals surface area contributed by atoms with Crippen molar-refractivity contribution in [3.05, 3.63) is 58.4 Å². The minimum atomic E-state index is -0.201. The summed E-state index contributed by atoms with van der Waals surface area (Å²) in [6, 6.07) is 12.7. The second-order valence-corrected chi connectivity index (χ2v) is 4.57. The van der Waals surface area contributed by atoms with E-state index in [1.165, 1.54) is 6.07 Å². The molecule has 5 heteroatoms. The Balaban J connectivity index is 2.22. The molecule has 3 rings (SSSR count). The van der Waals surface area contributed by atoms with Gasteiger partial charge in [-0.3, -0.25) is 4.79 Å². The standard InChI is InChI=1S/C15H13N3O2/c1-9-4-2-5-10(8-9)13-14(20-18-15(13)16)11-6-3-7-12(19)17-11/h2-8H,1H3,(H2,16,18)(H,17,19). The first-order chi connectivity index (χ1) is 9.65. The summed E-state index contributed by atoms with van der Waals surface area (Å²) in [5.41, 5.74) is 8.96. The molecule has 3 N–H and O–H groups in total.